The molecule has 0 saturated carbocycles. The Balaban J connectivity index is 2.14. The zero-order chi connectivity index (χ0) is 11.8. The van der Waals surface area contributed by atoms with Crippen LogP contribution in [0.5, 0.6) is 0 Å². The van der Waals surface area contributed by atoms with Gasteiger partial charge in [-0.2, -0.15) is 0 Å². The summed E-state index contributed by atoms with van der Waals surface area (Å²) in [5, 5.41) is 0.698. The van der Waals surface area contributed by atoms with Gasteiger partial charge in [0.05, 0.1) is 0 Å². The summed E-state index contributed by atoms with van der Waals surface area (Å²) >= 11 is 5.93. The van der Waals surface area contributed by atoms with Gasteiger partial charge in [-0.3, -0.25) is 0 Å². The molecule has 0 bridgehead atoms. The summed E-state index contributed by atoms with van der Waals surface area (Å²) in [7, 11) is 1.83. The van der Waals surface area contributed by atoms with Gasteiger partial charge in [-0.25, -0.2) is 0 Å². The van der Waals surface area contributed by atoms with Gasteiger partial charge in [-0.05, 0) is 0 Å². The monoisotopic (exact) mass is 241 g/mol. The normalized spacial score (nSPS) is 10.7. The molecule has 5 heteroatoms. The fourth-order valence-corrected chi connectivity index (χ4v) is 1.89. The molecule has 0 spiro atoms. The summed E-state index contributed by atoms with van der Waals surface area (Å²) in [6.45, 7) is 1.97. The van der Waals surface area contributed by atoms with E-state index in [1.807, 2.05) is 55.0 Å². The number of pyridine rings is 1. The third-order valence-corrected chi connectivity index (χ3v) is 2.85. The van der Waals surface area contributed by atoms with Crippen molar-refractivity contribution >= 4 is 24.3 Å². The first-order chi connectivity index (χ1) is 8.22. The Hall–Kier alpha value is -1.68. The molecule has 3 aromatic heterocycles. The molecule has 0 saturated heterocycles. The minimum absolute atomic E-state index is 0.698. The van der Waals surface area contributed by atoms with Gasteiger partial charge in [0.1, 0.15) is 0 Å². The van der Waals surface area contributed by atoms with Gasteiger partial charge in [0.2, 0.25) is 0 Å². The van der Waals surface area contributed by atoms with Crippen molar-refractivity contribution in [1.29, 1.82) is 0 Å². The van der Waals surface area contributed by atoms with Crippen molar-refractivity contribution in [3.63, 3.8) is 0 Å². The molecule has 0 aliphatic rings. The van der Waals surface area contributed by atoms with Gasteiger partial charge in [-0.15, -0.1) is 0 Å². The Kier molecular flexibility index (Phi) is 2.44. The third kappa shape index (κ3) is 1.96. The number of hydrogen-bond acceptors (Lipinski definition) is 2. The number of hydrogen-bond donors (Lipinski definition) is 0. The van der Waals surface area contributed by atoms with Crippen molar-refractivity contribution in [2.75, 3.05) is 0 Å². The molecule has 0 atom stereocenters. The van der Waals surface area contributed by atoms with E-state index in [1.54, 1.807) is 0 Å². The first kappa shape index (κ1) is 10.5. The zero-order valence-electron chi connectivity index (χ0n) is 9.26. The van der Waals surface area contributed by atoms with Crippen LogP contribution in [0.15, 0.2) is 36.7 Å². The van der Waals surface area contributed by atoms with Crippen LogP contribution in [0.4, 0.5) is 0 Å². The molecule has 0 unspecified atom stereocenters. The molecule has 3 aromatic rings. The summed E-state index contributed by atoms with van der Waals surface area (Å²) in [5.41, 5.74) is 3.79. The van der Waals surface area contributed by atoms with Crippen LogP contribution in [-0.2, 0) is 0 Å². The molecule has 0 aromatic carbocycles. The average Bonchev–Trinajstić information content (AvgIpc) is 2.72. The zero-order valence-corrected chi connectivity index (χ0v) is 10.0. The molecule has 17 heavy (non-hydrogen) atoms. The average molecular weight is 241 g/mol. The van der Waals surface area contributed by atoms with Gasteiger partial charge in [-0.1, -0.05) is 0 Å². The van der Waals surface area contributed by atoms with Crippen molar-refractivity contribution in [3.05, 3.63) is 47.4 Å². The molecule has 0 aliphatic carbocycles. The topological polar surface area (TPSA) is 30.2 Å². The van der Waals surface area contributed by atoms with Crippen molar-refractivity contribution < 1.29 is 0 Å². The Bertz CT molecular complexity index is 676. The van der Waals surface area contributed by atoms with E-state index >= 15 is 0 Å². The third-order valence-electron chi connectivity index (χ3n) is 2.62. The van der Waals surface area contributed by atoms with Crippen LogP contribution in [0.3, 0.4) is 0 Å². The maximum atomic E-state index is 5.93. The van der Waals surface area contributed by atoms with Crippen LogP contribution in [-0.4, -0.2) is 21.3 Å². The molecule has 3 nitrogen and oxygen atoms in total. The molecule has 0 amide bonds. The fourth-order valence-electron chi connectivity index (χ4n) is 1.72. The van der Waals surface area contributed by atoms with E-state index in [-0.39, 0.29) is 0 Å². The molecule has 3 rings (SSSR count). The van der Waals surface area contributed by atoms with Crippen molar-refractivity contribution in [2.24, 2.45) is 0 Å². The fraction of sp³-hybridized carbons (Fsp3) is 0.0833. The van der Waals surface area contributed by atoms with Crippen LogP contribution in [0.1, 0.15) is 5.69 Å². The summed E-state index contributed by atoms with van der Waals surface area (Å²) in [4.78, 5) is 8.79. The number of rotatable bonds is 1. The Labute approximate surface area is 104 Å². The molecule has 0 N–H and O–H groups in total. The summed E-state index contributed by atoms with van der Waals surface area (Å²) in [5.74, 6) is 0. The van der Waals surface area contributed by atoms with Crippen molar-refractivity contribution in [1.82, 2.24) is 14.3 Å². The predicted molar refractivity (Wildman–Crippen MR) is 69.5 cm³/mol. The SMILES string of the molecule is Cc1ccc(-c2cn3cc(Cl)ccc3n2)bn1. The number of fused-ring (bicyclic) bond motifs is 1. The molecule has 0 radical (unpaired) electrons. The van der Waals surface area contributed by atoms with E-state index in [0.717, 1.165) is 22.5 Å². The number of aryl methyl sites for hydroxylation is 1. The summed E-state index contributed by atoms with van der Waals surface area (Å²) < 4.78 is 1.91. The second-order valence-electron chi connectivity index (χ2n) is 3.93. The second kappa shape index (κ2) is 3.97. The number of halogens is 1. The molecule has 0 fully saturated rings. The van der Waals surface area contributed by atoms with Gasteiger partial charge in [0, 0.05) is 0 Å². The van der Waals surface area contributed by atoms with Crippen LogP contribution < -0.4 is 0 Å². The van der Waals surface area contributed by atoms with Crippen LogP contribution in [0.25, 0.3) is 16.8 Å². The number of imidazole rings is 1. The van der Waals surface area contributed by atoms with Gasteiger partial charge in [0.25, 0.3) is 0 Å². The predicted octanol–water partition coefficient (Wildman–Crippen LogP) is 2.70. The molecule has 82 valence electrons. The Morgan fingerprint density at radius 1 is 1.18 bits per heavy atom. The summed E-state index contributed by atoms with van der Waals surface area (Å²) in [6, 6.07) is 7.73. The van der Waals surface area contributed by atoms with E-state index in [9.17, 15) is 0 Å². The quantitative estimate of drug-likeness (QED) is 0.656. The van der Waals surface area contributed by atoms with Gasteiger partial charge >= 0.3 is 104 Å². The first-order valence-corrected chi connectivity index (χ1v) is 5.67. The van der Waals surface area contributed by atoms with Crippen LogP contribution in [0.2, 0.25) is 5.02 Å². The van der Waals surface area contributed by atoms with Crippen LogP contribution >= 0.6 is 11.6 Å². The molecular weight excluding hydrogens is 232 g/mol. The Morgan fingerprint density at radius 2 is 2.06 bits per heavy atom. The number of aromatic nitrogens is 3. The van der Waals surface area contributed by atoms with Crippen LogP contribution in [0, 0.1) is 6.92 Å². The van der Waals surface area contributed by atoms with Crippen molar-refractivity contribution in [3.8, 4) is 11.2 Å². The molecule has 3 heterocycles. The molecular formula is C12H9BClN3. The first-order valence-electron chi connectivity index (χ1n) is 5.30. The second-order valence-corrected chi connectivity index (χ2v) is 4.36. The molecule has 0 aliphatic heterocycles. The number of nitrogens with zero attached hydrogens (tertiary/aromatic N) is 3. The van der Waals surface area contributed by atoms with E-state index in [4.69, 9.17) is 11.6 Å². The van der Waals surface area contributed by atoms with E-state index in [1.165, 1.54) is 0 Å². The van der Waals surface area contributed by atoms with Gasteiger partial charge in [0.15, 0.2) is 0 Å². The van der Waals surface area contributed by atoms with Gasteiger partial charge < -0.3 is 0 Å². The van der Waals surface area contributed by atoms with E-state index in [0.29, 0.717) is 5.02 Å². The van der Waals surface area contributed by atoms with E-state index < -0.39 is 0 Å². The summed E-state index contributed by atoms with van der Waals surface area (Å²) in [6.07, 6.45) is 3.79. The van der Waals surface area contributed by atoms with Crippen molar-refractivity contribution in [2.45, 2.75) is 6.92 Å². The van der Waals surface area contributed by atoms with E-state index in [2.05, 4.69) is 9.88 Å². The minimum atomic E-state index is 0.698. The standard InChI is InChI=1S/C12H9BClN3/c1-8-2-4-10(13-16-8)11-7-17-6-9(14)3-5-12(17)15-11/h2-7H,1H3. The Morgan fingerprint density at radius 3 is 2.82 bits per heavy atom. The maximum absolute atomic E-state index is 5.93.